The first-order valence-electron chi connectivity index (χ1n) is 18.4. The van der Waals surface area contributed by atoms with Crippen molar-refractivity contribution in [3.63, 3.8) is 0 Å². The Morgan fingerprint density at radius 1 is 1.08 bits per heavy atom. The number of oxazole rings is 1. The number of para-hydroxylation sites is 2. The molecule has 3 aliphatic rings. The highest BCUT2D eigenvalue weighted by atomic mass is 35.5. The summed E-state index contributed by atoms with van der Waals surface area (Å²) in [6.45, 7) is 3.25. The number of aromatic nitrogens is 1. The van der Waals surface area contributed by atoms with Crippen molar-refractivity contribution in [1.29, 1.82) is 0 Å². The molecule has 16 heteroatoms. The monoisotopic (exact) mass is 772 g/mol. The fourth-order valence-electron chi connectivity index (χ4n) is 7.49. The molecular formula is C37H49ClN6O8S. The molecule has 2 aromatic carbocycles. The number of rotatable bonds is 16. The van der Waals surface area contributed by atoms with Gasteiger partial charge in [0.2, 0.25) is 27.6 Å². The van der Waals surface area contributed by atoms with E-state index in [9.17, 15) is 27.9 Å². The Labute approximate surface area is 315 Å². The lowest BCUT2D eigenvalue weighted by atomic mass is 9.91. The highest BCUT2D eigenvalue weighted by Gasteiger charge is 2.44. The molecule has 0 spiro atoms. The zero-order valence-electron chi connectivity index (χ0n) is 29.9. The SMILES string of the molecule is CS(=O)(=O)N[C@H](CCC1CCNCC1)C(=O)N1C[C@H](OCc2ccc(Cl)cc2)C[C@H]1C(=O)N[C@@H](CC(O)N1CCCC1)C(=O)c1nc2ccccc2o1. The van der Waals surface area contributed by atoms with Crippen molar-refractivity contribution in [2.75, 3.05) is 39.0 Å². The van der Waals surface area contributed by atoms with Gasteiger partial charge < -0.3 is 29.8 Å². The Kier molecular flexibility index (Phi) is 13.2. The van der Waals surface area contributed by atoms with E-state index in [0.29, 0.717) is 41.6 Å². The van der Waals surface area contributed by atoms with Gasteiger partial charge in [-0.05, 0) is 87.4 Å². The van der Waals surface area contributed by atoms with Crippen LogP contribution in [0, 0.1) is 5.92 Å². The quantitative estimate of drug-likeness (QED) is 0.157. The van der Waals surface area contributed by atoms with Gasteiger partial charge in [-0.15, -0.1) is 0 Å². The van der Waals surface area contributed by atoms with Gasteiger partial charge in [0.25, 0.3) is 5.89 Å². The van der Waals surface area contributed by atoms with Gasteiger partial charge in [0.1, 0.15) is 29.9 Å². The zero-order chi connectivity index (χ0) is 37.5. The largest absolute Gasteiger partial charge is 0.434 e. The van der Waals surface area contributed by atoms with Crippen LogP contribution in [0.15, 0.2) is 52.9 Å². The fourth-order valence-corrected chi connectivity index (χ4v) is 8.36. The van der Waals surface area contributed by atoms with Crippen LogP contribution >= 0.6 is 11.6 Å². The van der Waals surface area contributed by atoms with E-state index in [1.165, 1.54) is 4.90 Å². The molecule has 4 heterocycles. The van der Waals surface area contributed by atoms with E-state index in [4.69, 9.17) is 20.8 Å². The average Bonchev–Trinajstić information content (AvgIpc) is 3.93. The number of hydrogen-bond donors (Lipinski definition) is 4. The van der Waals surface area contributed by atoms with Gasteiger partial charge >= 0.3 is 0 Å². The fraction of sp³-hybridized carbons (Fsp3) is 0.568. The molecule has 0 saturated carbocycles. The number of ketones is 1. The Morgan fingerprint density at radius 3 is 2.49 bits per heavy atom. The van der Waals surface area contributed by atoms with Crippen molar-refractivity contribution in [3.05, 3.63) is 65.0 Å². The molecule has 5 atom stereocenters. The molecule has 0 radical (unpaired) electrons. The first-order valence-corrected chi connectivity index (χ1v) is 20.7. The Bertz CT molecular complexity index is 1800. The Hall–Kier alpha value is -3.44. The lowest BCUT2D eigenvalue weighted by molar-refractivity contribution is -0.140. The number of Topliss-reactive ketones (excluding diaryl/α,β-unsaturated/α-hetero) is 1. The number of hydrogen-bond acceptors (Lipinski definition) is 11. The molecule has 2 amide bonds. The summed E-state index contributed by atoms with van der Waals surface area (Å²) >= 11 is 6.06. The molecule has 0 aliphatic carbocycles. The lowest BCUT2D eigenvalue weighted by Gasteiger charge is -2.31. The summed E-state index contributed by atoms with van der Waals surface area (Å²) in [6, 6.07) is 10.6. The third-order valence-electron chi connectivity index (χ3n) is 10.4. The van der Waals surface area contributed by atoms with Crippen LogP contribution in [-0.4, -0.2) is 115 Å². The number of benzene rings is 2. The first kappa shape index (κ1) is 39.3. The average molecular weight is 773 g/mol. The molecule has 53 heavy (non-hydrogen) atoms. The summed E-state index contributed by atoms with van der Waals surface area (Å²) in [5.41, 5.74) is 1.73. The second-order valence-electron chi connectivity index (χ2n) is 14.4. The van der Waals surface area contributed by atoms with Crippen molar-refractivity contribution in [2.24, 2.45) is 5.92 Å². The van der Waals surface area contributed by atoms with Crippen molar-refractivity contribution in [2.45, 2.75) is 88.4 Å². The van der Waals surface area contributed by atoms with Gasteiger partial charge in [-0.1, -0.05) is 35.9 Å². The van der Waals surface area contributed by atoms with Gasteiger partial charge in [-0.2, -0.15) is 0 Å². The second-order valence-corrected chi connectivity index (χ2v) is 16.6. The van der Waals surface area contributed by atoms with Crippen LogP contribution in [0.4, 0.5) is 0 Å². The summed E-state index contributed by atoms with van der Waals surface area (Å²) in [5, 5.41) is 17.9. The number of halogens is 1. The van der Waals surface area contributed by atoms with Crippen LogP contribution in [0.5, 0.6) is 0 Å². The van der Waals surface area contributed by atoms with E-state index < -0.39 is 58.1 Å². The van der Waals surface area contributed by atoms with Gasteiger partial charge in [0, 0.05) is 37.5 Å². The van der Waals surface area contributed by atoms with Crippen molar-refractivity contribution in [1.82, 2.24) is 30.1 Å². The summed E-state index contributed by atoms with van der Waals surface area (Å²) in [4.78, 5) is 50.2. The van der Waals surface area contributed by atoms with Gasteiger partial charge in [0.15, 0.2) is 5.58 Å². The number of nitrogens with one attached hydrogen (secondary N) is 3. The number of ether oxygens (including phenoxy) is 1. The van der Waals surface area contributed by atoms with Crippen molar-refractivity contribution < 1.29 is 37.1 Å². The van der Waals surface area contributed by atoms with Crippen LogP contribution in [0.1, 0.15) is 67.6 Å². The number of carbonyl (C=O) groups is 3. The molecule has 3 aliphatic heterocycles. The summed E-state index contributed by atoms with van der Waals surface area (Å²) in [5.74, 6) is -1.65. The van der Waals surface area contributed by atoms with E-state index >= 15 is 0 Å². The van der Waals surface area contributed by atoms with E-state index in [-0.39, 0.29) is 38.3 Å². The van der Waals surface area contributed by atoms with E-state index in [1.807, 2.05) is 17.0 Å². The maximum Gasteiger partial charge on any atom is 0.266 e. The van der Waals surface area contributed by atoms with Gasteiger partial charge in [-0.25, -0.2) is 18.1 Å². The molecule has 3 fully saturated rings. The molecule has 1 unspecified atom stereocenters. The van der Waals surface area contributed by atoms with Crippen LogP contribution in [0.3, 0.4) is 0 Å². The highest BCUT2D eigenvalue weighted by Crippen LogP contribution is 2.27. The van der Waals surface area contributed by atoms with Crippen molar-refractivity contribution >= 4 is 50.3 Å². The van der Waals surface area contributed by atoms with Crippen LogP contribution in [-0.2, 0) is 31.0 Å². The lowest BCUT2D eigenvalue weighted by Crippen LogP contribution is -2.56. The minimum Gasteiger partial charge on any atom is -0.434 e. The molecule has 3 saturated heterocycles. The molecule has 1 aromatic heterocycles. The first-order chi connectivity index (χ1) is 25.4. The van der Waals surface area contributed by atoms with Crippen LogP contribution in [0.25, 0.3) is 11.1 Å². The molecule has 0 bridgehead atoms. The minimum absolute atomic E-state index is 0.0277. The number of sulfonamides is 1. The molecule has 288 valence electrons. The third-order valence-corrected chi connectivity index (χ3v) is 11.3. The van der Waals surface area contributed by atoms with Gasteiger partial charge in [-0.3, -0.25) is 19.3 Å². The molecule has 6 rings (SSSR count). The standard InChI is InChI=1S/C37H49ClN6O8S/c1-53(49,50)42-29(13-10-24-14-16-39-17-15-24)37(48)44-22-27(51-23-25-8-11-26(38)12-9-25)20-31(44)35(47)40-30(21-33(45)43-18-4-5-19-43)34(46)36-41-28-6-2-3-7-32(28)52-36/h2-3,6-9,11-12,24,27,29-31,33,39,42,45H,4-5,10,13-23H2,1H3,(H,40,47)/t27-,29-,30+,31+,33?/m1/s1. The highest BCUT2D eigenvalue weighted by molar-refractivity contribution is 7.88. The number of aliphatic hydroxyl groups is 1. The minimum atomic E-state index is -3.79. The maximum absolute atomic E-state index is 14.4. The molecule has 3 aromatic rings. The number of likely N-dealkylation sites (tertiary alicyclic amines) is 2. The van der Waals surface area contributed by atoms with E-state index in [1.54, 1.807) is 36.4 Å². The molecule has 14 nitrogen and oxygen atoms in total. The number of aliphatic hydroxyl groups excluding tert-OH is 1. The number of fused-ring (bicyclic) bond motifs is 1. The van der Waals surface area contributed by atoms with E-state index in [2.05, 4.69) is 20.3 Å². The second kappa shape index (κ2) is 17.8. The predicted molar refractivity (Wildman–Crippen MR) is 198 cm³/mol. The van der Waals surface area contributed by atoms with Crippen LogP contribution < -0.4 is 15.4 Å². The van der Waals surface area contributed by atoms with Gasteiger partial charge in [0.05, 0.1) is 19.0 Å². The normalized spacial score (nSPS) is 21.8. The Morgan fingerprint density at radius 2 is 1.79 bits per heavy atom. The van der Waals surface area contributed by atoms with E-state index in [0.717, 1.165) is 50.6 Å². The number of nitrogens with zero attached hydrogens (tertiary/aromatic N) is 3. The Balaban J connectivity index is 1.24. The predicted octanol–water partition coefficient (Wildman–Crippen LogP) is 2.84. The molecule has 4 N–H and O–H groups in total. The molecular weight excluding hydrogens is 724 g/mol. The zero-order valence-corrected chi connectivity index (χ0v) is 31.5. The number of piperidine rings is 1. The third kappa shape index (κ3) is 10.6. The number of amides is 2. The van der Waals surface area contributed by atoms with Crippen molar-refractivity contribution in [3.8, 4) is 0 Å². The maximum atomic E-state index is 14.4. The van der Waals surface area contributed by atoms with Crippen LogP contribution in [0.2, 0.25) is 5.02 Å². The summed E-state index contributed by atoms with van der Waals surface area (Å²) < 4.78 is 39.6. The smallest absolute Gasteiger partial charge is 0.266 e. The number of carbonyl (C=O) groups excluding carboxylic acids is 3. The summed E-state index contributed by atoms with van der Waals surface area (Å²) in [7, 11) is -3.79. The topological polar surface area (TPSA) is 183 Å². The summed E-state index contributed by atoms with van der Waals surface area (Å²) in [6.07, 6.45) is 3.95.